The number of pyridine rings is 1. The van der Waals surface area contributed by atoms with Crippen LogP contribution in [0.15, 0.2) is 17.7 Å². The average Bonchev–Trinajstić information content (AvgIpc) is 2.55. The monoisotopic (exact) mass is 357 g/mol. The van der Waals surface area contributed by atoms with Crippen LogP contribution in [0.5, 0.6) is 0 Å². The van der Waals surface area contributed by atoms with Gasteiger partial charge in [0.15, 0.2) is 5.69 Å². The highest BCUT2D eigenvalue weighted by Gasteiger charge is 2.39. The summed E-state index contributed by atoms with van der Waals surface area (Å²) in [6.07, 6.45) is -1.88. The first-order valence-electron chi connectivity index (χ1n) is 7.13. The second kappa shape index (κ2) is 7.24. The number of ether oxygens (including phenoxy) is 1. The second-order valence-electron chi connectivity index (χ2n) is 5.13. The maximum Gasteiger partial charge on any atom is 0.434 e. The van der Waals surface area contributed by atoms with Crippen molar-refractivity contribution in [2.24, 2.45) is 0 Å². The van der Waals surface area contributed by atoms with Gasteiger partial charge in [-0.3, -0.25) is 0 Å². The van der Waals surface area contributed by atoms with Crippen molar-refractivity contribution in [3.8, 4) is 6.07 Å². The van der Waals surface area contributed by atoms with E-state index in [4.69, 9.17) is 16.3 Å². The van der Waals surface area contributed by atoms with Crippen molar-refractivity contribution in [2.75, 3.05) is 31.2 Å². The number of nitriles is 1. The first-order chi connectivity index (χ1) is 11.3. The Labute approximate surface area is 142 Å². The molecule has 2 heterocycles. The summed E-state index contributed by atoms with van der Waals surface area (Å²) in [7, 11) is 0. The minimum atomic E-state index is -4.72. The lowest BCUT2D eigenvalue weighted by atomic mass is 10.0. The van der Waals surface area contributed by atoms with Crippen LogP contribution in [0.2, 0.25) is 0 Å². The zero-order valence-electron chi connectivity index (χ0n) is 13.0. The van der Waals surface area contributed by atoms with Crippen LogP contribution in [-0.2, 0) is 10.9 Å². The number of morpholine rings is 1. The molecule has 1 aromatic heterocycles. The first kappa shape index (κ1) is 18.3. The van der Waals surface area contributed by atoms with Crippen molar-refractivity contribution in [3.63, 3.8) is 0 Å². The largest absolute Gasteiger partial charge is 0.434 e. The van der Waals surface area contributed by atoms with Gasteiger partial charge in [-0.15, -0.1) is 0 Å². The van der Waals surface area contributed by atoms with E-state index in [9.17, 15) is 18.4 Å². The van der Waals surface area contributed by atoms with E-state index in [1.54, 1.807) is 11.0 Å². The van der Waals surface area contributed by atoms with E-state index in [2.05, 4.69) is 11.6 Å². The molecule has 0 aliphatic carbocycles. The molecule has 0 unspecified atom stereocenters. The minimum absolute atomic E-state index is 0.141. The number of allylic oxidation sites excluding steroid dienone is 2. The third-order valence-electron chi connectivity index (χ3n) is 3.58. The van der Waals surface area contributed by atoms with Crippen molar-refractivity contribution < 1.29 is 17.9 Å². The van der Waals surface area contributed by atoms with Crippen LogP contribution in [0.25, 0.3) is 6.08 Å². The third-order valence-corrected chi connectivity index (χ3v) is 3.85. The molecule has 1 saturated heterocycles. The molecule has 0 aromatic carbocycles. The summed E-state index contributed by atoms with van der Waals surface area (Å²) in [5.74, 6) is 0. The van der Waals surface area contributed by atoms with Crippen LogP contribution in [0.3, 0.4) is 0 Å². The molecule has 0 radical (unpaired) electrons. The molecular formula is C16H15ClF3N3O. The standard InChI is InChI=1S/C16H15ClF3N3O/c1-3-11(17)8-12-10(2)22-15(16(18,19)20)13(9-21)14(12)23-4-6-24-7-5-23/h3,8H,1,4-7H2,2H3/b11-8+. The Balaban J connectivity index is 2.79. The Morgan fingerprint density at radius 1 is 1.42 bits per heavy atom. The molecule has 1 fully saturated rings. The van der Waals surface area contributed by atoms with E-state index in [0.29, 0.717) is 31.9 Å². The lowest BCUT2D eigenvalue weighted by molar-refractivity contribution is -0.141. The van der Waals surface area contributed by atoms with Crippen LogP contribution in [0.1, 0.15) is 22.5 Å². The Morgan fingerprint density at radius 3 is 2.54 bits per heavy atom. The summed E-state index contributed by atoms with van der Waals surface area (Å²) < 4.78 is 45.2. The van der Waals surface area contributed by atoms with Gasteiger partial charge in [-0.25, -0.2) is 4.98 Å². The van der Waals surface area contributed by atoms with Gasteiger partial charge in [-0.05, 0) is 13.0 Å². The van der Waals surface area contributed by atoms with E-state index in [1.165, 1.54) is 19.1 Å². The number of aryl methyl sites for hydroxylation is 1. The van der Waals surface area contributed by atoms with Crippen LogP contribution in [0.4, 0.5) is 18.9 Å². The van der Waals surface area contributed by atoms with Gasteiger partial charge < -0.3 is 9.64 Å². The van der Waals surface area contributed by atoms with Crippen molar-refractivity contribution in [1.29, 1.82) is 5.26 Å². The predicted molar refractivity (Wildman–Crippen MR) is 85.8 cm³/mol. The first-order valence-corrected chi connectivity index (χ1v) is 7.51. The molecule has 128 valence electrons. The van der Waals surface area contributed by atoms with Gasteiger partial charge in [0.1, 0.15) is 11.6 Å². The number of anilines is 1. The molecule has 0 bridgehead atoms. The molecule has 0 saturated carbocycles. The van der Waals surface area contributed by atoms with E-state index in [1.807, 2.05) is 0 Å². The summed E-state index contributed by atoms with van der Waals surface area (Å²) in [4.78, 5) is 5.31. The summed E-state index contributed by atoms with van der Waals surface area (Å²) in [6, 6.07) is 1.66. The average molecular weight is 358 g/mol. The van der Waals surface area contributed by atoms with Crippen LogP contribution in [-0.4, -0.2) is 31.3 Å². The normalized spacial score (nSPS) is 16.0. The molecule has 1 aliphatic rings. The van der Waals surface area contributed by atoms with E-state index < -0.39 is 17.4 Å². The fourth-order valence-corrected chi connectivity index (χ4v) is 2.61. The Morgan fingerprint density at radius 2 is 2.04 bits per heavy atom. The topological polar surface area (TPSA) is 49.2 Å². The molecule has 24 heavy (non-hydrogen) atoms. The number of alkyl halides is 3. The van der Waals surface area contributed by atoms with Gasteiger partial charge in [-0.1, -0.05) is 24.3 Å². The maximum atomic E-state index is 13.3. The van der Waals surface area contributed by atoms with Crippen molar-refractivity contribution >= 4 is 23.4 Å². The Kier molecular flexibility index (Phi) is 5.52. The highest BCUT2D eigenvalue weighted by Crippen LogP contribution is 2.39. The minimum Gasteiger partial charge on any atom is -0.378 e. The number of hydrogen-bond acceptors (Lipinski definition) is 4. The van der Waals surface area contributed by atoms with Gasteiger partial charge in [0.05, 0.1) is 18.9 Å². The predicted octanol–water partition coefficient (Wildman–Crippen LogP) is 3.88. The SMILES string of the molecule is C=C/C(Cl)=C\c1c(C)nc(C(F)(F)F)c(C#N)c1N1CCOCC1. The molecule has 2 rings (SSSR count). The van der Waals surface area contributed by atoms with Crippen LogP contribution >= 0.6 is 11.6 Å². The van der Waals surface area contributed by atoms with Gasteiger partial charge in [0.25, 0.3) is 0 Å². The fraction of sp³-hybridized carbons (Fsp3) is 0.375. The van der Waals surface area contributed by atoms with E-state index in [0.717, 1.165) is 0 Å². The summed E-state index contributed by atoms with van der Waals surface area (Å²) in [6.45, 7) is 6.47. The highest BCUT2D eigenvalue weighted by atomic mass is 35.5. The van der Waals surface area contributed by atoms with Crippen molar-refractivity contribution in [1.82, 2.24) is 4.98 Å². The third kappa shape index (κ3) is 3.71. The van der Waals surface area contributed by atoms with Crippen molar-refractivity contribution in [2.45, 2.75) is 13.1 Å². The maximum absolute atomic E-state index is 13.3. The van der Waals surface area contributed by atoms with E-state index in [-0.39, 0.29) is 16.4 Å². The lowest BCUT2D eigenvalue weighted by Crippen LogP contribution is -2.37. The molecule has 0 atom stereocenters. The van der Waals surface area contributed by atoms with Crippen LogP contribution < -0.4 is 4.90 Å². The van der Waals surface area contributed by atoms with Gasteiger partial charge in [0, 0.05) is 29.4 Å². The molecule has 4 nitrogen and oxygen atoms in total. The highest BCUT2D eigenvalue weighted by molar-refractivity contribution is 6.33. The summed E-state index contributed by atoms with van der Waals surface area (Å²) in [5.41, 5.74) is -0.986. The fourth-order valence-electron chi connectivity index (χ4n) is 2.50. The molecule has 0 N–H and O–H groups in total. The summed E-state index contributed by atoms with van der Waals surface area (Å²) >= 11 is 5.97. The molecule has 1 aromatic rings. The Hall–Kier alpha value is -2.04. The lowest BCUT2D eigenvalue weighted by Gasteiger charge is -2.32. The number of halogens is 4. The van der Waals surface area contributed by atoms with Crippen molar-refractivity contribution in [3.05, 3.63) is 40.2 Å². The van der Waals surface area contributed by atoms with Crippen LogP contribution in [0, 0.1) is 18.3 Å². The zero-order chi connectivity index (χ0) is 17.9. The summed E-state index contributed by atoms with van der Waals surface area (Å²) in [5, 5.41) is 9.63. The number of hydrogen-bond donors (Lipinski definition) is 0. The number of nitrogens with zero attached hydrogens (tertiary/aromatic N) is 3. The van der Waals surface area contributed by atoms with Gasteiger partial charge in [0.2, 0.25) is 0 Å². The number of aromatic nitrogens is 1. The number of rotatable bonds is 3. The quantitative estimate of drug-likeness (QED) is 0.770. The Bertz CT molecular complexity index is 717. The van der Waals surface area contributed by atoms with E-state index >= 15 is 0 Å². The van der Waals surface area contributed by atoms with Gasteiger partial charge >= 0.3 is 6.18 Å². The molecule has 0 spiro atoms. The van der Waals surface area contributed by atoms with Gasteiger partial charge in [-0.2, -0.15) is 18.4 Å². The molecule has 8 heteroatoms. The smallest absolute Gasteiger partial charge is 0.378 e. The second-order valence-corrected chi connectivity index (χ2v) is 5.56. The molecule has 0 amide bonds. The zero-order valence-corrected chi connectivity index (χ0v) is 13.7. The molecular weight excluding hydrogens is 343 g/mol. The molecule has 1 aliphatic heterocycles.